The van der Waals surface area contributed by atoms with Crippen molar-refractivity contribution in [2.24, 2.45) is 0 Å². The van der Waals surface area contributed by atoms with Gasteiger partial charge in [-0.25, -0.2) is 0 Å². The van der Waals surface area contributed by atoms with Crippen molar-refractivity contribution in [3.63, 3.8) is 0 Å². The summed E-state index contributed by atoms with van der Waals surface area (Å²) in [5, 5.41) is 1.48. The number of carbonyl (C=O) groups is 1. The Morgan fingerprint density at radius 1 is 0.550 bits per heavy atom. The monoisotopic (exact) mass is 547 g/mol. The fourth-order valence-corrected chi connectivity index (χ4v) is 6.85. The lowest BCUT2D eigenvalue weighted by atomic mass is 9.97. The van der Waals surface area contributed by atoms with Crippen LogP contribution in [0.25, 0.3) is 0 Å². The average Bonchev–Trinajstić information content (AvgIpc) is 3.04. The second-order valence-corrected chi connectivity index (χ2v) is 11.5. The molecule has 0 aromatic heterocycles. The maximum Gasteiger partial charge on any atom is 0.365 e. The molecule has 0 bridgehead atoms. The van der Waals surface area contributed by atoms with E-state index in [1.54, 1.807) is 24.3 Å². The Morgan fingerprint density at radius 3 is 1.30 bits per heavy atom. The lowest BCUT2D eigenvalue weighted by Gasteiger charge is -2.40. The number of benzene rings is 5. The molecule has 0 saturated heterocycles. The van der Waals surface area contributed by atoms with Gasteiger partial charge >= 0.3 is 7.60 Å². The molecule has 0 radical (unpaired) electrons. The Hall–Kier alpha value is -4.28. The van der Waals surface area contributed by atoms with Crippen molar-refractivity contribution in [3.8, 4) is 0 Å². The van der Waals surface area contributed by atoms with Crippen molar-refractivity contribution in [1.29, 1.82) is 0 Å². The van der Waals surface area contributed by atoms with E-state index in [4.69, 9.17) is 9.05 Å². The minimum Gasteiger partial charge on any atom is -0.328 e. The van der Waals surface area contributed by atoms with Gasteiger partial charge in [-0.05, 0) is 34.4 Å². The Balaban J connectivity index is 1.69. The molecular weight excluding hydrogens is 517 g/mol. The van der Waals surface area contributed by atoms with Gasteiger partial charge in [0.25, 0.3) is 5.91 Å². The van der Waals surface area contributed by atoms with E-state index >= 15 is 4.57 Å². The Kier molecular flexibility index (Phi) is 8.68. The average molecular weight is 548 g/mol. The summed E-state index contributed by atoms with van der Waals surface area (Å²) in [4.78, 5) is 13.9. The third-order valence-corrected chi connectivity index (χ3v) is 9.00. The van der Waals surface area contributed by atoms with E-state index in [1.807, 2.05) is 127 Å². The predicted molar refractivity (Wildman–Crippen MR) is 158 cm³/mol. The zero-order valence-corrected chi connectivity index (χ0v) is 22.8. The number of hydrogen-bond donors (Lipinski definition) is 1. The van der Waals surface area contributed by atoms with Crippen LogP contribution in [0.4, 0.5) is 0 Å². The van der Waals surface area contributed by atoms with Crippen LogP contribution >= 0.6 is 7.60 Å². The largest absolute Gasteiger partial charge is 0.365 e. The second-order valence-electron chi connectivity index (χ2n) is 9.28. The fourth-order valence-electron chi connectivity index (χ4n) is 4.58. The molecule has 0 atom stereocenters. The van der Waals surface area contributed by atoms with Gasteiger partial charge in [0.1, 0.15) is 0 Å². The molecule has 40 heavy (non-hydrogen) atoms. The summed E-state index contributed by atoms with van der Waals surface area (Å²) >= 11 is 0. The predicted octanol–water partition coefficient (Wildman–Crippen LogP) is 7.94. The first-order chi connectivity index (χ1) is 19.6. The summed E-state index contributed by atoms with van der Waals surface area (Å²) in [6.07, 6.45) is 0. The molecule has 0 heterocycles. The van der Waals surface area contributed by atoms with Crippen LogP contribution in [0.2, 0.25) is 0 Å². The summed E-state index contributed by atoms with van der Waals surface area (Å²) in [6.45, 7) is 0.0467. The molecule has 6 heteroatoms. The van der Waals surface area contributed by atoms with Gasteiger partial charge in [-0.2, -0.15) is 0 Å². The third-order valence-electron chi connectivity index (χ3n) is 6.61. The van der Waals surface area contributed by atoms with Crippen LogP contribution in [-0.2, 0) is 32.1 Å². The summed E-state index contributed by atoms with van der Waals surface area (Å²) in [6, 6.07) is 46.3. The molecule has 0 aliphatic carbocycles. The number of amides is 1. The van der Waals surface area contributed by atoms with Gasteiger partial charge in [0.15, 0.2) is 5.28 Å². The quantitative estimate of drug-likeness (QED) is 0.171. The van der Waals surface area contributed by atoms with Gasteiger partial charge in [-0.15, -0.1) is 0 Å². The minimum absolute atomic E-state index is 0.0233. The molecule has 0 aliphatic heterocycles. The third kappa shape index (κ3) is 5.98. The summed E-state index contributed by atoms with van der Waals surface area (Å²) in [5.74, 6) is -0.403. The van der Waals surface area contributed by atoms with Gasteiger partial charge in [0.05, 0.1) is 13.2 Å². The van der Waals surface area contributed by atoms with E-state index in [-0.39, 0.29) is 13.2 Å². The van der Waals surface area contributed by atoms with Crippen molar-refractivity contribution < 1.29 is 18.4 Å². The molecule has 0 unspecified atom stereocenters. The molecule has 0 spiro atoms. The summed E-state index contributed by atoms with van der Waals surface area (Å²) in [7, 11) is -4.24. The number of rotatable bonds is 11. The molecular formula is C34H30NO4P. The van der Waals surface area contributed by atoms with Crippen molar-refractivity contribution in [2.45, 2.75) is 18.5 Å². The van der Waals surface area contributed by atoms with Crippen LogP contribution in [-0.4, -0.2) is 5.91 Å². The molecule has 0 aliphatic rings. The van der Waals surface area contributed by atoms with E-state index in [1.165, 1.54) is 0 Å². The van der Waals surface area contributed by atoms with Gasteiger partial charge in [-0.3, -0.25) is 9.36 Å². The Labute approximate surface area is 235 Å². The van der Waals surface area contributed by atoms with E-state index in [0.717, 1.165) is 11.1 Å². The molecule has 5 rings (SSSR count). The molecule has 1 N–H and O–H groups in total. The van der Waals surface area contributed by atoms with Crippen LogP contribution in [0.15, 0.2) is 152 Å². The van der Waals surface area contributed by atoms with E-state index in [2.05, 4.69) is 5.32 Å². The minimum atomic E-state index is -4.24. The van der Waals surface area contributed by atoms with E-state index < -0.39 is 18.8 Å². The molecule has 5 nitrogen and oxygen atoms in total. The first-order valence-corrected chi connectivity index (χ1v) is 14.6. The van der Waals surface area contributed by atoms with Gasteiger partial charge in [-0.1, -0.05) is 140 Å². The number of hydrogen-bond acceptors (Lipinski definition) is 4. The van der Waals surface area contributed by atoms with Crippen LogP contribution in [0, 0.1) is 0 Å². The molecule has 5 aromatic rings. The summed E-state index contributed by atoms with van der Waals surface area (Å²) in [5.41, 5.74) is 3.24. The summed E-state index contributed by atoms with van der Waals surface area (Å²) < 4.78 is 28.2. The van der Waals surface area contributed by atoms with Crippen LogP contribution in [0.3, 0.4) is 0 Å². The normalized spacial score (nSPS) is 11.6. The Morgan fingerprint density at radius 2 is 0.900 bits per heavy atom. The number of nitrogens with one attached hydrogen (secondary N) is 1. The van der Waals surface area contributed by atoms with Crippen molar-refractivity contribution in [1.82, 2.24) is 5.32 Å². The number of carbonyl (C=O) groups excluding carboxylic acids is 1. The molecule has 0 fully saturated rings. The first kappa shape index (κ1) is 27.3. The molecule has 0 saturated carbocycles. The molecule has 5 aromatic carbocycles. The first-order valence-electron chi connectivity index (χ1n) is 13.1. The maximum atomic E-state index is 15.5. The lowest BCUT2D eigenvalue weighted by Crippen LogP contribution is -2.47. The molecule has 1 amide bonds. The second kappa shape index (κ2) is 12.7. The highest BCUT2D eigenvalue weighted by atomic mass is 31.2. The van der Waals surface area contributed by atoms with Crippen LogP contribution in [0.1, 0.15) is 32.6 Å². The van der Waals surface area contributed by atoms with Crippen molar-refractivity contribution in [2.75, 3.05) is 0 Å². The highest BCUT2D eigenvalue weighted by molar-refractivity contribution is 7.55. The Bertz CT molecular complexity index is 1460. The van der Waals surface area contributed by atoms with Gasteiger partial charge < -0.3 is 14.4 Å². The SMILES string of the molecule is O=C(NC(c1ccccc1)(c1ccccc1)P(=O)(OCc1ccccc1)OCc1ccccc1)c1ccccc1. The van der Waals surface area contributed by atoms with Gasteiger partial charge in [0, 0.05) is 5.56 Å². The highest BCUT2D eigenvalue weighted by Crippen LogP contribution is 2.67. The smallest absolute Gasteiger partial charge is 0.328 e. The lowest BCUT2D eigenvalue weighted by molar-refractivity contribution is 0.0909. The zero-order chi connectivity index (χ0) is 27.7. The topological polar surface area (TPSA) is 64.6 Å². The highest BCUT2D eigenvalue weighted by Gasteiger charge is 2.55. The molecule has 200 valence electrons. The van der Waals surface area contributed by atoms with Crippen LogP contribution < -0.4 is 5.32 Å². The van der Waals surface area contributed by atoms with Crippen LogP contribution in [0.5, 0.6) is 0 Å². The maximum absolute atomic E-state index is 15.5. The van der Waals surface area contributed by atoms with Crippen molar-refractivity contribution >= 4 is 13.5 Å². The van der Waals surface area contributed by atoms with Crippen molar-refractivity contribution in [3.05, 3.63) is 179 Å². The van der Waals surface area contributed by atoms with Gasteiger partial charge in [0.2, 0.25) is 0 Å². The van der Waals surface area contributed by atoms with E-state index in [9.17, 15) is 4.79 Å². The fraction of sp³-hybridized carbons (Fsp3) is 0.0882. The van der Waals surface area contributed by atoms with E-state index in [0.29, 0.717) is 16.7 Å². The zero-order valence-electron chi connectivity index (χ0n) is 21.9. The standard InChI is InChI=1S/C34H30NO4P/c36-33(30-20-10-3-11-21-30)35-34(31-22-12-4-13-23-31,32-24-14-5-15-25-32)40(37,38-26-28-16-6-1-7-17-28)39-27-29-18-8-2-9-19-29/h1-25H,26-27H2,(H,35,36).